The molecular weight excluding hydrogens is 284 g/mol. The maximum atomic E-state index is 4.81. The van der Waals surface area contributed by atoms with Gasteiger partial charge in [-0.3, -0.25) is 0 Å². The lowest BCUT2D eigenvalue weighted by molar-refractivity contribution is 0.793. The number of nitrogens with zero attached hydrogens (tertiary/aromatic N) is 1. The Bertz CT molecular complexity index is 703. The highest BCUT2D eigenvalue weighted by Gasteiger charge is 2.17. The van der Waals surface area contributed by atoms with Crippen LogP contribution in [0, 0.1) is 5.92 Å². The Morgan fingerprint density at radius 1 is 0.870 bits per heavy atom. The summed E-state index contributed by atoms with van der Waals surface area (Å²) in [7, 11) is 0. The van der Waals surface area contributed by atoms with E-state index in [1.165, 1.54) is 0 Å². The summed E-state index contributed by atoms with van der Waals surface area (Å²) in [5.41, 5.74) is 3.19. The number of aliphatic imine (C=N–C) groups is 1. The van der Waals surface area contributed by atoms with E-state index < -0.39 is 0 Å². The molecule has 0 atom stereocenters. The molecule has 1 aliphatic rings. The fourth-order valence-electron chi connectivity index (χ4n) is 2.35. The van der Waals surface area contributed by atoms with Gasteiger partial charge in [0.05, 0.1) is 6.54 Å². The highest BCUT2D eigenvalue weighted by atomic mass is 15.2. The molecule has 0 fully saturated rings. The molecule has 0 radical (unpaired) electrons. The van der Waals surface area contributed by atoms with Crippen LogP contribution in [0.25, 0.3) is 0 Å². The SMILES string of the molecule is CC(C)C1=NC(Nc2ccccc2)=C(Nc2ccccc2)NC1. The van der Waals surface area contributed by atoms with Crippen LogP contribution in [0.15, 0.2) is 77.3 Å². The van der Waals surface area contributed by atoms with Crippen LogP contribution in [0.4, 0.5) is 11.4 Å². The van der Waals surface area contributed by atoms with Gasteiger partial charge in [-0.2, -0.15) is 0 Å². The van der Waals surface area contributed by atoms with Crippen molar-refractivity contribution in [3.8, 4) is 0 Å². The van der Waals surface area contributed by atoms with E-state index in [2.05, 4.69) is 29.8 Å². The predicted molar refractivity (Wildman–Crippen MR) is 97.4 cm³/mol. The van der Waals surface area contributed by atoms with Crippen molar-refractivity contribution in [3.05, 3.63) is 72.3 Å². The number of hydrogen-bond donors (Lipinski definition) is 3. The third-order valence-corrected chi connectivity index (χ3v) is 3.68. The highest BCUT2D eigenvalue weighted by Crippen LogP contribution is 2.18. The van der Waals surface area contributed by atoms with Crippen LogP contribution in [0.2, 0.25) is 0 Å². The van der Waals surface area contributed by atoms with Crippen LogP contribution >= 0.6 is 0 Å². The molecule has 0 aromatic heterocycles. The Kier molecular flexibility index (Phi) is 4.62. The van der Waals surface area contributed by atoms with Crippen molar-refractivity contribution in [2.24, 2.45) is 10.9 Å². The molecule has 4 heteroatoms. The highest BCUT2D eigenvalue weighted by molar-refractivity contribution is 5.90. The first kappa shape index (κ1) is 15.2. The minimum Gasteiger partial charge on any atom is -0.363 e. The summed E-state index contributed by atoms with van der Waals surface area (Å²) in [6.07, 6.45) is 0. The van der Waals surface area contributed by atoms with Gasteiger partial charge in [-0.05, 0) is 30.2 Å². The monoisotopic (exact) mass is 306 g/mol. The van der Waals surface area contributed by atoms with Crippen LogP contribution in [-0.2, 0) is 0 Å². The third-order valence-electron chi connectivity index (χ3n) is 3.68. The molecule has 0 amide bonds. The normalized spacial score (nSPS) is 14.3. The lowest BCUT2D eigenvalue weighted by atomic mass is 10.1. The van der Waals surface area contributed by atoms with Crippen molar-refractivity contribution in [2.75, 3.05) is 17.2 Å². The summed E-state index contributed by atoms with van der Waals surface area (Å²) < 4.78 is 0. The van der Waals surface area contributed by atoms with Gasteiger partial charge in [0, 0.05) is 17.1 Å². The molecule has 0 unspecified atom stereocenters. The van der Waals surface area contributed by atoms with E-state index in [9.17, 15) is 0 Å². The third kappa shape index (κ3) is 3.92. The van der Waals surface area contributed by atoms with Gasteiger partial charge < -0.3 is 16.0 Å². The van der Waals surface area contributed by atoms with Crippen molar-refractivity contribution in [1.82, 2.24) is 5.32 Å². The van der Waals surface area contributed by atoms with Crippen molar-refractivity contribution in [3.63, 3.8) is 0 Å². The van der Waals surface area contributed by atoms with Gasteiger partial charge in [-0.25, -0.2) is 4.99 Å². The quantitative estimate of drug-likeness (QED) is 0.781. The first-order valence-corrected chi connectivity index (χ1v) is 7.92. The van der Waals surface area contributed by atoms with Gasteiger partial charge in [0.15, 0.2) is 5.82 Å². The van der Waals surface area contributed by atoms with Gasteiger partial charge in [0.25, 0.3) is 0 Å². The Morgan fingerprint density at radius 3 is 2.00 bits per heavy atom. The van der Waals surface area contributed by atoms with Crippen molar-refractivity contribution in [1.29, 1.82) is 0 Å². The van der Waals surface area contributed by atoms with Crippen molar-refractivity contribution < 1.29 is 0 Å². The van der Waals surface area contributed by atoms with E-state index >= 15 is 0 Å². The van der Waals surface area contributed by atoms with Crippen LogP contribution < -0.4 is 16.0 Å². The first-order valence-electron chi connectivity index (χ1n) is 7.92. The second-order valence-electron chi connectivity index (χ2n) is 5.82. The minimum absolute atomic E-state index is 0.411. The Balaban J connectivity index is 1.90. The van der Waals surface area contributed by atoms with E-state index in [-0.39, 0.29) is 0 Å². The van der Waals surface area contributed by atoms with E-state index in [0.717, 1.165) is 35.3 Å². The maximum absolute atomic E-state index is 4.81. The summed E-state index contributed by atoms with van der Waals surface area (Å²) in [6, 6.07) is 20.2. The van der Waals surface area contributed by atoms with Crippen molar-refractivity contribution >= 4 is 17.1 Å². The number of benzene rings is 2. The number of para-hydroxylation sites is 2. The molecule has 0 spiro atoms. The summed E-state index contributed by atoms with van der Waals surface area (Å²) in [6.45, 7) is 5.08. The molecule has 1 aliphatic heterocycles. The summed E-state index contributed by atoms with van der Waals surface area (Å²) in [4.78, 5) is 4.81. The molecule has 3 rings (SSSR count). The Morgan fingerprint density at radius 2 is 1.43 bits per heavy atom. The molecular formula is C19H22N4. The number of anilines is 2. The first-order chi connectivity index (χ1) is 11.2. The van der Waals surface area contributed by atoms with E-state index in [1.54, 1.807) is 0 Å². The molecule has 0 aliphatic carbocycles. The Labute approximate surface area is 137 Å². The molecule has 0 saturated heterocycles. The number of hydrogen-bond acceptors (Lipinski definition) is 4. The van der Waals surface area contributed by atoms with Gasteiger partial charge in [-0.15, -0.1) is 0 Å². The average molecular weight is 306 g/mol. The van der Waals surface area contributed by atoms with Crippen LogP contribution in [0.1, 0.15) is 13.8 Å². The molecule has 2 aromatic carbocycles. The number of rotatable bonds is 5. The smallest absolute Gasteiger partial charge is 0.171 e. The van der Waals surface area contributed by atoms with E-state index in [1.807, 2.05) is 60.7 Å². The summed E-state index contributed by atoms with van der Waals surface area (Å²) in [5.74, 6) is 2.12. The average Bonchev–Trinajstić information content (AvgIpc) is 2.58. The largest absolute Gasteiger partial charge is 0.363 e. The lowest BCUT2D eigenvalue weighted by Gasteiger charge is -2.24. The van der Waals surface area contributed by atoms with Gasteiger partial charge in [-0.1, -0.05) is 50.2 Å². The Hall–Kier alpha value is -2.75. The fraction of sp³-hybridized carbons (Fsp3) is 0.211. The molecule has 4 nitrogen and oxygen atoms in total. The van der Waals surface area contributed by atoms with Gasteiger partial charge in [0.2, 0.25) is 0 Å². The molecule has 2 aromatic rings. The molecule has 0 bridgehead atoms. The summed E-state index contributed by atoms with van der Waals surface area (Å²) in [5, 5.41) is 10.3. The van der Waals surface area contributed by atoms with Crippen LogP contribution in [-0.4, -0.2) is 12.3 Å². The molecule has 3 N–H and O–H groups in total. The van der Waals surface area contributed by atoms with Gasteiger partial charge >= 0.3 is 0 Å². The zero-order valence-corrected chi connectivity index (χ0v) is 13.5. The van der Waals surface area contributed by atoms with Crippen LogP contribution in [0.5, 0.6) is 0 Å². The molecule has 118 valence electrons. The fourth-order valence-corrected chi connectivity index (χ4v) is 2.35. The standard InChI is InChI=1S/C19H22N4/c1-14(2)17-13-20-18(21-15-9-5-3-6-10-15)19(23-17)22-16-11-7-4-8-12-16/h3-12,14,20-22H,13H2,1-2H3. The second-order valence-corrected chi connectivity index (χ2v) is 5.82. The predicted octanol–water partition coefficient (Wildman–Crippen LogP) is 4.04. The van der Waals surface area contributed by atoms with E-state index in [4.69, 9.17) is 4.99 Å². The molecule has 1 heterocycles. The van der Waals surface area contributed by atoms with Gasteiger partial charge in [0.1, 0.15) is 5.82 Å². The number of nitrogens with one attached hydrogen (secondary N) is 3. The molecule has 0 saturated carbocycles. The van der Waals surface area contributed by atoms with Crippen LogP contribution in [0.3, 0.4) is 0 Å². The second kappa shape index (κ2) is 7.01. The minimum atomic E-state index is 0.411. The van der Waals surface area contributed by atoms with E-state index in [0.29, 0.717) is 5.92 Å². The molecule has 23 heavy (non-hydrogen) atoms. The topological polar surface area (TPSA) is 48.5 Å². The summed E-state index contributed by atoms with van der Waals surface area (Å²) >= 11 is 0. The van der Waals surface area contributed by atoms with Crippen molar-refractivity contribution in [2.45, 2.75) is 13.8 Å². The lowest BCUT2D eigenvalue weighted by Crippen LogP contribution is -2.35. The maximum Gasteiger partial charge on any atom is 0.171 e. The zero-order chi connectivity index (χ0) is 16.1. The zero-order valence-electron chi connectivity index (χ0n) is 13.5.